The molecule has 1 unspecified atom stereocenters. The minimum absolute atomic E-state index is 0.0210. The number of rotatable bonds is 7. The number of halogens is 1. The maximum Gasteiger partial charge on any atom is 0.446 e. The fourth-order valence-electron chi connectivity index (χ4n) is 2.18. The normalized spacial score (nSPS) is 11.8. The van der Waals surface area contributed by atoms with Crippen molar-refractivity contribution in [3.8, 4) is 5.75 Å². The number of nitrogens with zero attached hydrogens (tertiary/aromatic N) is 1. The summed E-state index contributed by atoms with van der Waals surface area (Å²) in [6, 6.07) is 10.0. The molecular weight excluding hydrogens is 418 g/mol. The van der Waals surface area contributed by atoms with Crippen LogP contribution in [0.1, 0.15) is 18.9 Å². The summed E-state index contributed by atoms with van der Waals surface area (Å²) in [7, 11) is -4.00. The standard InChI is InChI=1S/C19H18ClN3O5S/c1-4-17(24)23-29(26,27)14-8-6-13(7-9-14)28-19(21-3)18(25)22-16-11-12(2)5-10-15(16)20/h5-11,19H,4H2,1-2H3,(H,22,25)(H,23,24). The number of nitrogens with one attached hydrogen (secondary N) is 2. The average Bonchev–Trinajstić information content (AvgIpc) is 2.68. The second kappa shape index (κ2) is 9.41. The maximum absolute atomic E-state index is 12.3. The number of ether oxygens (including phenoxy) is 1. The summed E-state index contributed by atoms with van der Waals surface area (Å²) in [5.41, 5.74) is 1.22. The Labute approximate surface area is 173 Å². The smallest absolute Gasteiger partial charge is 0.417 e. The zero-order valence-electron chi connectivity index (χ0n) is 15.6. The minimum Gasteiger partial charge on any atom is -0.417 e. The first-order valence-electron chi connectivity index (χ1n) is 8.42. The monoisotopic (exact) mass is 435 g/mol. The number of aryl methyl sites for hydroxylation is 1. The number of hydrogen-bond donors (Lipinski definition) is 2. The molecule has 152 valence electrons. The Hall–Kier alpha value is -3.09. The second-order valence-electron chi connectivity index (χ2n) is 5.93. The van der Waals surface area contributed by atoms with Gasteiger partial charge in [-0.05, 0) is 48.9 Å². The van der Waals surface area contributed by atoms with Crippen molar-refractivity contribution >= 4 is 39.1 Å². The third-order valence-corrected chi connectivity index (χ3v) is 5.39. The van der Waals surface area contributed by atoms with E-state index in [1.165, 1.54) is 31.2 Å². The lowest BCUT2D eigenvalue weighted by Gasteiger charge is -2.11. The van der Waals surface area contributed by atoms with Gasteiger partial charge >= 0.3 is 12.1 Å². The van der Waals surface area contributed by atoms with Crippen LogP contribution in [0.25, 0.3) is 4.85 Å². The van der Waals surface area contributed by atoms with Gasteiger partial charge < -0.3 is 10.1 Å². The van der Waals surface area contributed by atoms with Crippen LogP contribution in [0.3, 0.4) is 0 Å². The van der Waals surface area contributed by atoms with Crippen molar-refractivity contribution in [2.75, 3.05) is 5.32 Å². The third-order valence-electron chi connectivity index (χ3n) is 3.67. The van der Waals surface area contributed by atoms with E-state index in [-0.39, 0.29) is 17.1 Å². The van der Waals surface area contributed by atoms with Crippen molar-refractivity contribution in [1.29, 1.82) is 0 Å². The zero-order valence-corrected chi connectivity index (χ0v) is 17.2. The fourth-order valence-corrected chi connectivity index (χ4v) is 3.40. The molecule has 8 nitrogen and oxygen atoms in total. The summed E-state index contributed by atoms with van der Waals surface area (Å²) >= 11 is 6.04. The SMILES string of the molecule is [C-]#[N+]C(Oc1ccc(S(=O)(=O)NC(=O)CC)cc1)C(=O)Nc1cc(C)ccc1Cl. The zero-order chi connectivity index (χ0) is 21.6. The lowest BCUT2D eigenvalue weighted by molar-refractivity contribution is -0.121. The van der Waals surface area contributed by atoms with E-state index in [0.717, 1.165) is 5.56 Å². The van der Waals surface area contributed by atoms with Crippen LogP contribution in [0.5, 0.6) is 5.75 Å². The molecule has 0 heterocycles. The van der Waals surface area contributed by atoms with Crippen LogP contribution >= 0.6 is 11.6 Å². The maximum atomic E-state index is 12.3. The molecular formula is C19H18ClN3O5S. The largest absolute Gasteiger partial charge is 0.446 e. The number of carbonyl (C=O) groups is 2. The van der Waals surface area contributed by atoms with Gasteiger partial charge in [0.2, 0.25) is 5.91 Å². The molecule has 2 amide bonds. The Morgan fingerprint density at radius 3 is 2.45 bits per heavy atom. The second-order valence-corrected chi connectivity index (χ2v) is 8.02. The van der Waals surface area contributed by atoms with Crippen LogP contribution in [0.4, 0.5) is 5.69 Å². The number of sulfonamides is 1. The Balaban J connectivity index is 2.11. The van der Waals surface area contributed by atoms with E-state index in [0.29, 0.717) is 10.7 Å². The summed E-state index contributed by atoms with van der Waals surface area (Å²) < 4.78 is 31.4. The molecule has 0 saturated carbocycles. The van der Waals surface area contributed by atoms with Gasteiger partial charge in [-0.15, -0.1) is 0 Å². The van der Waals surface area contributed by atoms with E-state index < -0.39 is 28.1 Å². The Kier molecular flexibility index (Phi) is 7.20. The van der Waals surface area contributed by atoms with Crippen molar-refractivity contribution in [3.63, 3.8) is 0 Å². The van der Waals surface area contributed by atoms with Gasteiger partial charge in [0.05, 0.1) is 15.6 Å². The first kappa shape index (κ1) is 22.2. The van der Waals surface area contributed by atoms with E-state index in [9.17, 15) is 18.0 Å². The van der Waals surface area contributed by atoms with Crippen molar-refractivity contribution < 1.29 is 22.7 Å². The highest BCUT2D eigenvalue weighted by Crippen LogP contribution is 2.24. The van der Waals surface area contributed by atoms with Crippen LogP contribution in [-0.4, -0.2) is 26.5 Å². The molecule has 0 fully saturated rings. The van der Waals surface area contributed by atoms with Crippen LogP contribution in [-0.2, 0) is 19.6 Å². The van der Waals surface area contributed by atoms with Crippen LogP contribution in [0, 0.1) is 13.5 Å². The number of benzene rings is 2. The molecule has 2 rings (SSSR count). The molecule has 1 atom stereocenters. The first-order chi connectivity index (χ1) is 13.7. The fraction of sp³-hybridized carbons (Fsp3) is 0.211. The van der Waals surface area contributed by atoms with Crippen LogP contribution < -0.4 is 14.8 Å². The van der Waals surface area contributed by atoms with Crippen molar-refractivity contribution in [2.24, 2.45) is 0 Å². The highest BCUT2D eigenvalue weighted by atomic mass is 35.5. The molecule has 0 aliphatic rings. The van der Waals surface area contributed by atoms with Gasteiger partial charge in [-0.2, -0.15) is 0 Å². The van der Waals surface area contributed by atoms with Gasteiger partial charge in [0.15, 0.2) is 0 Å². The molecule has 0 saturated heterocycles. The predicted octanol–water partition coefficient (Wildman–Crippen LogP) is 3.13. The van der Waals surface area contributed by atoms with Gasteiger partial charge in [0, 0.05) is 6.42 Å². The van der Waals surface area contributed by atoms with Gasteiger partial charge in [-0.3, -0.25) is 14.4 Å². The Morgan fingerprint density at radius 1 is 1.21 bits per heavy atom. The lowest BCUT2D eigenvalue weighted by atomic mass is 10.2. The quantitative estimate of drug-likeness (QED) is 0.650. The highest BCUT2D eigenvalue weighted by molar-refractivity contribution is 7.90. The number of anilines is 1. The predicted molar refractivity (Wildman–Crippen MR) is 108 cm³/mol. The molecule has 2 aromatic rings. The van der Waals surface area contributed by atoms with Crippen LogP contribution in [0.15, 0.2) is 47.4 Å². The van der Waals surface area contributed by atoms with E-state index in [4.69, 9.17) is 22.9 Å². The highest BCUT2D eigenvalue weighted by Gasteiger charge is 2.27. The molecule has 0 bridgehead atoms. The van der Waals surface area contributed by atoms with Crippen molar-refractivity contribution in [2.45, 2.75) is 31.4 Å². The van der Waals surface area contributed by atoms with Gasteiger partial charge in [0.25, 0.3) is 10.0 Å². The lowest BCUT2D eigenvalue weighted by Crippen LogP contribution is -2.30. The van der Waals surface area contributed by atoms with E-state index in [1.807, 2.05) is 11.6 Å². The van der Waals surface area contributed by atoms with Crippen molar-refractivity contribution in [1.82, 2.24) is 4.72 Å². The number of amides is 2. The van der Waals surface area contributed by atoms with Gasteiger partial charge in [0.1, 0.15) is 5.75 Å². The molecule has 0 spiro atoms. The molecule has 2 aromatic carbocycles. The minimum atomic E-state index is -4.00. The summed E-state index contributed by atoms with van der Waals surface area (Å²) in [5, 5.41) is 2.85. The van der Waals surface area contributed by atoms with Gasteiger partial charge in [-0.1, -0.05) is 24.6 Å². The topological polar surface area (TPSA) is 106 Å². The molecule has 10 heteroatoms. The Bertz CT molecular complexity index is 1060. The summed E-state index contributed by atoms with van der Waals surface area (Å²) in [6.45, 7) is 10.6. The number of carbonyl (C=O) groups excluding carboxylic acids is 2. The van der Waals surface area contributed by atoms with E-state index >= 15 is 0 Å². The first-order valence-corrected chi connectivity index (χ1v) is 10.3. The van der Waals surface area contributed by atoms with Crippen LogP contribution in [0.2, 0.25) is 5.02 Å². The molecule has 0 aromatic heterocycles. The molecule has 29 heavy (non-hydrogen) atoms. The molecule has 2 N–H and O–H groups in total. The van der Waals surface area contributed by atoms with E-state index in [1.54, 1.807) is 18.2 Å². The third kappa shape index (κ3) is 5.94. The number of hydrogen-bond acceptors (Lipinski definition) is 5. The van der Waals surface area contributed by atoms with Crippen molar-refractivity contribution in [3.05, 3.63) is 64.5 Å². The Morgan fingerprint density at radius 2 is 1.86 bits per heavy atom. The average molecular weight is 436 g/mol. The van der Waals surface area contributed by atoms with E-state index in [2.05, 4.69) is 10.2 Å². The molecule has 0 radical (unpaired) electrons. The molecule has 0 aliphatic heterocycles. The van der Waals surface area contributed by atoms with Gasteiger partial charge in [-0.25, -0.2) is 19.7 Å². The summed E-state index contributed by atoms with van der Waals surface area (Å²) in [4.78, 5) is 26.7. The molecule has 0 aliphatic carbocycles. The summed E-state index contributed by atoms with van der Waals surface area (Å²) in [5.74, 6) is -1.25. The summed E-state index contributed by atoms with van der Waals surface area (Å²) in [6.07, 6.45) is -1.48.